The van der Waals surface area contributed by atoms with Gasteiger partial charge in [-0.3, -0.25) is 0 Å². The third-order valence-corrected chi connectivity index (χ3v) is 6.08. The SMILES string of the molecule is Cc1cc(F)ccc1-c1ccc([Si](C)(C)C)c(C)[n+]1C. The van der Waals surface area contributed by atoms with E-state index in [-0.39, 0.29) is 5.82 Å². The van der Waals surface area contributed by atoms with Crippen LogP contribution in [0, 0.1) is 19.7 Å². The van der Waals surface area contributed by atoms with Crippen molar-refractivity contribution in [2.24, 2.45) is 7.05 Å². The van der Waals surface area contributed by atoms with E-state index in [0.29, 0.717) is 0 Å². The minimum Gasteiger partial charge on any atom is -0.207 e. The average molecular weight is 288 g/mol. The van der Waals surface area contributed by atoms with Crippen molar-refractivity contribution in [3.05, 3.63) is 47.4 Å². The number of hydrogen-bond acceptors (Lipinski definition) is 0. The smallest absolute Gasteiger partial charge is 0.207 e. The van der Waals surface area contributed by atoms with E-state index in [1.807, 2.05) is 13.0 Å². The van der Waals surface area contributed by atoms with E-state index in [1.54, 1.807) is 6.07 Å². The fourth-order valence-electron chi connectivity index (χ4n) is 2.73. The number of hydrogen-bond donors (Lipinski definition) is 0. The maximum atomic E-state index is 13.3. The molecular formula is C17H23FNSi+. The van der Waals surface area contributed by atoms with Gasteiger partial charge in [-0.1, -0.05) is 25.7 Å². The number of aromatic nitrogens is 1. The third-order valence-electron chi connectivity index (χ3n) is 3.93. The summed E-state index contributed by atoms with van der Waals surface area (Å²) in [7, 11) is 0.758. The lowest BCUT2D eigenvalue weighted by atomic mass is 10.0. The highest BCUT2D eigenvalue weighted by atomic mass is 28.3. The number of aryl methyl sites for hydroxylation is 1. The van der Waals surface area contributed by atoms with Crippen LogP contribution in [0.2, 0.25) is 19.6 Å². The Morgan fingerprint density at radius 2 is 1.65 bits per heavy atom. The van der Waals surface area contributed by atoms with Crippen LogP contribution in [0.4, 0.5) is 4.39 Å². The van der Waals surface area contributed by atoms with Crippen LogP contribution in [0.1, 0.15) is 11.3 Å². The molecule has 0 fully saturated rings. The molecule has 0 saturated carbocycles. The molecule has 1 heterocycles. The summed E-state index contributed by atoms with van der Waals surface area (Å²) in [4.78, 5) is 0. The second kappa shape index (κ2) is 5.13. The summed E-state index contributed by atoms with van der Waals surface area (Å²) >= 11 is 0. The van der Waals surface area contributed by atoms with Gasteiger partial charge in [-0.25, -0.2) is 4.39 Å². The zero-order valence-electron chi connectivity index (χ0n) is 13.2. The zero-order chi connectivity index (χ0) is 15.1. The van der Waals surface area contributed by atoms with Gasteiger partial charge in [0.25, 0.3) is 0 Å². The van der Waals surface area contributed by atoms with Crippen LogP contribution in [0.5, 0.6) is 0 Å². The van der Waals surface area contributed by atoms with Gasteiger partial charge in [0.1, 0.15) is 12.9 Å². The quantitative estimate of drug-likeness (QED) is 0.588. The number of pyridine rings is 1. The normalized spacial score (nSPS) is 11.8. The number of nitrogens with zero attached hydrogens (tertiary/aromatic N) is 1. The van der Waals surface area contributed by atoms with Crippen molar-refractivity contribution >= 4 is 13.3 Å². The largest absolute Gasteiger partial charge is 0.212 e. The predicted octanol–water partition coefficient (Wildman–Crippen LogP) is 3.48. The molecule has 1 aromatic carbocycles. The van der Waals surface area contributed by atoms with Gasteiger partial charge in [0, 0.05) is 23.7 Å². The molecule has 0 spiro atoms. The van der Waals surface area contributed by atoms with Gasteiger partial charge in [-0.15, -0.1) is 0 Å². The molecule has 0 N–H and O–H groups in total. The lowest BCUT2D eigenvalue weighted by molar-refractivity contribution is -0.665. The summed E-state index contributed by atoms with van der Waals surface area (Å²) in [5.74, 6) is -0.177. The molecule has 106 valence electrons. The van der Waals surface area contributed by atoms with Crippen LogP contribution in [0.15, 0.2) is 30.3 Å². The Hall–Kier alpha value is -1.48. The first-order valence-electron chi connectivity index (χ1n) is 6.98. The molecule has 0 aliphatic heterocycles. The summed E-state index contributed by atoms with van der Waals surface area (Å²) in [5.41, 5.74) is 4.52. The Balaban J connectivity index is 2.63. The minimum absolute atomic E-state index is 0.177. The maximum absolute atomic E-state index is 13.3. The van der Waals surface area contributed by atoms with Gasteiger partial charge >= 0.3 is 0 Å². The lowest BCUT2D eigenvalue weighted by Crippen LogP contribution is -2.49. The fourth-order valence-corrected chi connectivity index (χ4v) is 4.57. The molecule has 0 saturated heterocycles. The van der Waals surface area contributed by atoms with E-state index in [1.165, 1.54) is 16.9 Å². The van der Waals surface area contributed by atoms with Crippen molar-refractivity contribution < 1.29 is 8.96 Å². The lowest BCUT2D eigenvalue weighted by Gasteiger charge is -2.18. The van der Waals surface area contributed by atoms with Gasteiger partial charge in [0.05, 0.1) is 8.07 Å². The molecule has 1 aromatic heterocycles. The molecule has 0 aliphatic carbocycles. The summed E-state index contributed by atoms with van der Waals surface area (Å²) in [6.07, 6.45) is 0. The minimum atomic E-state index is -1.34. The van der Waals surface area contributed by atoms with E-state index in [0.717, 1.165) is 16.8 Å². The molecule has 3 heteroatoms. The van der Waals surface area contributed by atoms with Gasteiger partial charge in [-0.2, -0.15) is 4.57 Å². The fraction of sp³-hybridized carbons (Fsp3) is 0.353. The van der Waals surface area contributed by atoms with Crippen LogP contribution in [-0.2, 0) is 7.05 Å². The van der Waals surface area contributed by atoms with Gasteiger partial charge < -0.3 is 0 Å². The molecular weight excluding hydrogens is 265 g/mol. The second-order valence-corrected chi connectivity index (χ2v) is 11.5. The molecule has 2 aromatic rings. The molecule has 0 bridgehead atoms. The van der Waals surface area contributed by atoms with Crippen molar-refractivity contribution in [3.8, 4) is 11.3 Å². The first-order chi connectivity index (χ1) is 9.21. The highest BCUT2D eigenvalue weighted by Gasteiger charge is 2.25. The van der Waals surface area contributed by atoms with Crippen LogP contribution in [0.3, 0.4) is 0 Å². The van der Waals surface area contributed by atoms with E-state index in [4.69, 9.17) is 0 Å². The van der Waals surface area contributed by atoms with Crippen LogP contribution >= 0.6 is 0 Å². The van der Waals surface area contributed by atoms with Crippen molar-refractivity contribution in [1.82, 2.24) is 0 Å². The summed E-state index contributed by atoms with van der Waals surface area (Å²) in [6.45, 7) is 11.2. The van der Waals surface area contributed by atoms with Gasteiger partial charge in [0.2, 0.25) is 5.69 Å². The molecule has 1 nitrogen and oxygen atoms in total. The number of halogens is 1. The monoisotopic (exact) mass is 288 g/mol. The van der Waals surface area contributed by atoms with Crippen molar-refractivity contribution in [3.63, 3.8) is 0 Å². The molecule has 0 atom stereocenters. The third kappa shape index (κ3) is 2.68. The molecule has 0 radical (unpaired) electrons. The summed E-state index contributed by atoms with van der Waals surface area (Å²) in [5, 5.41) is 1.48. The second-order valence-electron chi connectivity index (χ2n) is 6.49. The highest BCUT2D eigenvalue weighted by molar-refractivity contribution is 6.88. The highest BCUT2D eigenvalue weighted by Crippen LogP contribution is 2.21. The molecule has 20 heavy (non-hydrogen) atoms. The Labute approximate surface area is 122 Å². The van der Waals surface area contributed by atoms with Crippen LogP contribution in [-0.4, -0.2) is 8.07 Å². The predicted molar refractivity (Wildman–Crippen MR) is 85.5 cm³/mol. The summed E-state index contributed by atoms with van der Waals surface area (Å²) < 4.78 is 15.5. The maximum Gasteiger partial charge on any atom is 0.212 e. The Bertz CT molecular complexity index is 657. The molecule has 0 amide bonds. The van der Waals surface area contributed by atoms with Gasteiger partial charge in [-0.05, 0) is 30.7 Å². The van der Waals surface area contributed by atoms with E-state index < -0.39 is 8.07 Å². The van der Waals surface area contributed by atoms with Crippen molar-refractivity contribution in [2.45, 2.75) is 33.5 Å². The molecule has 0 aliphatic rings. The van der Waals surface area contributed by atoms with Crippen LogP contribution in [0.25, 0.3) is 11.3 Å². The van der Waals surface area contributed by atoms with E-state index >= 15 is 0 Å². The Morgan fingerprint density at radius 3 is 2.20 bits per heavy atom. The average Bonchev–Trinajstić information content (AvgIpc) is 2.32. The first kappa shape index (κ1) is 14.9. The Kier molecular flexibility index (Phi) is 3.83. The van der Waals surface area contributed by atoms with Crippen molar-refractivity contribution in [2.75, 3.05) is 0 Å². The van der Waals surface area contributed by atoms with Gasteiger partial charge in [0.15, 0.2) is 5.69 Å². The van der Waals surface area contributed by atoms with E-state index in [9.17, 15) is 4.39 Å². The summed E-state index contributed by atoms with van der Waals surface area (Å²) in [6, 6.07) is 9.41. The molecule has 2 rings (SSSR count). The zero-order valence-corrected chi connectivity index (χ0v) is 14.2. The first-order valence-corrected chi connectivity index (χ1v) is 10.5. The van der Waals surface area contributed by atoms with Crippen molar-refractivity contribution in [1.29, 1.82) is 0 Å². The van der Waals surface area contributed by atoms with E-state index in [2.05, 4.69) is 50.3 Å². The topological polar surface area (TPSA) is 3.88 Å². The van der Waals surface area contributed by atoms with Crippen LogP contribution < -0.4 is 9.75 Å². The number of rotatable bonds is 2. The number of benzene rings is 1. The standard InChI is InChI=1S/C17H23FNSi/c1-12-11-14(18)7-8-15(12)16-9-10-17(20(4,5)6)13(2)19(16)3/h7-11H,1-6H3/q+1. The molecule has 0 unspecified atom stereocenters. The Morgan fingerprint density at radius 1 is 1.00 bits per heavy atom.